The molecule has 0 unspecified atom stereocenters. The zero-order chi connectivity index (χ0) is 24.0. The van der Waals surface area contributed by atoms with Crippen LogP contribution in [0, 0.1) is 36.5 Å². The minimum Gasteiger partial charge on any atom is -0.477 e. The fourth-order valence-corrected chi connectivity index (χ4v) is 6.28. The number of aromatic nitrogens is 4. The Morgan fingerprint density at radius 3 is 2.47 bits per heavy atom. The fraction of sp³-hybridized carbons (Fsp3) is 0.692. The van der Waals surface area contributed by atoms with Crippen molar-refractivity contribution >= 4 is 12.1 Å². The Kier molecular flexibility index (Phi) is 6.02. The molecule has 0 aromatic carbocycles. The Hall–Kier alpha value is -2.64. The lowest BCUT2D eigenvalue weighted by molar-refractivity contribution is -0.0120. The van der Waals surface area contributed by atoms with E-state index in [2.05, 4.69) is 34.5 Å². The first-order chi connectivity index (χ1) is 16.2. The van der Waals surface area contributed by atoms with Crippen LogP contribution in [0.4, 0.5) is 0 Å². The standard InChI is InChI=1S/C26H37N5O3/c1-15(2)14-33-24-21(13-27-31(24)7-6-26(4,5)25-30-29-16(3)34-25)23(32)28-22-19-9-17-8-18(11-19)12-20(22)10-17/h6-7,13,15,17-20,22H,8-12,14H2,1-5H3,(H,28,32)/b7-6+. The first-order valence-corrected chi connectivity index (χ1v) is 12.7. The summed E-state index contributed by atoms with van der Waals surface area (Å²) < 4.78 is 13.4. The summed E-state index contributed by atoms with van der Waals surface area (Å²) >= 11 is 0. The van der Waals surface area contributed by atoms with E-state index in [1.807, 2.05) is 26.1 Å². The molecule has 1 N–H and O–H groups in total. The summed E-state index contributed by atoms with van der Waals surface area (Å²) in [7, 11) is 0. The summed E-state index contributed by atoms with van der Waals surface area (Å²) in [5.41, 5.74) is -0.00346. The number of amides is 1. The van der Waals surface area contributed by atoms with Crippen LogP contribution in [0.1, 0.15) is 81.9 Å². The van der Waals surface area contributed by atoms with E-state index in [-0.39, 0.29) is 11.9 Å². The third-order valence-corrected chi connectivity index (χ3v) is 7.78. The largest absolute Gasteiger partial charge is 0.477 e. The van der Waals surface area contributed by atoms with E-state index < -0.39 is 5.41 Å². The molecule has 4 aliphatic carbocycles. The maximum absolute atomic E-state index is 13.4. The molecule has 8 heteroatoms. The van der Waals surface area contributed by atoms with Crippen LogP contribution in [0.3, 0.4) is 0 Å². The zero-order valence-corrected chi connectivity index (χ0v) is 21.0. The molecule has 0 aliphatic heterocycles. The molecule has 0 spiro atoms. The number of aryl methyl sites for hydroxylation is 1. The topological polar surface area (TPSA) is 95.1 Å². The van der Waals surface area contributed by atoms with Gasteiger partial charge in [-0.25, -0.2) is 4.68 Å². The van der Waals surface area contributed by atoms with E-state index in [0.29, 0.717) is 47.6 Å². The van der Waals surface area contributed by atoms with Crippen molar-refractivity contribution in [1.82, 2.24) is 25.3 Å². The van der Waals surface area contributed by atoms with Gasteiger partial charge in [0.05, 0.1) is 18.2 Å². The van der Waals surface area contributed by atoms with Crippen molar-refractivity contribution in [2.24, 2.45) is 29.6 Å². The molecule has 8 nitrogen and oxygen atoms in total. The molecular weight excluding hydrogens is 430 g/mol. The number of carbonyl (C=O) groups excluding carboxylic acids is 1. The maximum Gasteiger partial charge on any atom is 0.258 e. The van der Waals surface area contributed by atoms with Crippen molar-refractivity contribution in [3.63, 3.8) is 0 Å². The van der Waals surface area contributed by atoms with Gasteiger partial charge in [-0.15, -0.1) is 10.2 Å². The van der Waals surface area contributed by atoms with Crippen molar-refractivity contribution in [1.29, 1.82) is 0 Å². The van der Waals surface area contributed by atoms with Crippen molar-refractivity contribution < 1.29 is 13.9 Å². The normalized spacial score (nSPS) is 28.2. The first kappa shape index (κ1) is 23.1. The lowest BCUT2D eigenvalue weighted by Crippen LogP contribution is -2.55. The van der Waals surface area contributed by atoms with Crippen LogP contribution < -0.4 is 10.1 Å². The average molecular weight is 468 g/mol. The van der Waals surface area contributed by atoms with E-state index >= 15 is 0 Å². The van der Waals surface area contributed by atoms with Gasteiger partial charge >= 0.3 is 0 Å². The number of nitrogens with zero attached hydrogens (tertiary/aromatic N) is 4. The van der Waals surface area contributed by atoms with E-state index in [1.54, 1.807) is 17.8 Å². The molecule has 184 valence electrons. The molecule has 4 saturated carbocycles. The highest BCUT2D eigenvalue weighted by molar-refractivity contribution is 5.96. The van der Waals surface area contributed by atoms with Crippen LogP contribution in [-0.4, -0.2) is 38.5 Å². The third kappa shape index (κ3) is 4.51. The Morgan fingerprint density at radius 1 is 1.21 bits per heavy atom. The molecule has 4 aliphatic rings. The predicted molar refractivity (Wildman–Crippen MR) is 128 cm³/mol. The predicted octanol–water partition coefficient (Wildman–Crippen LogP) is 4.61. The molecule has 2 aromatic heterocycles. The highest BCUT2D eigenvalue weighted by atomic mass is 16.5. The molecule has 4 fully saturated rings. The van der Waals surface area contributed by atoms with Gasteiger partial charge in [-0.2, -0.15) is 5.10 Å². The Labute approximate surface area is 201 Å². The zero-order valence-electron chi connectivity index (χ0n) is 21.0. The van der Waals surface area contributed by atoms with Gasteiger partial charge in [0, 0.05) is 19.2 Å². The van der Waals surface area contributed by atoms with E-state index in [0.717, 1.165) is 11.8 Å². The number of ether oxygens (including phenoxy) is 1. The van der Waals surface area contributed by atoms with Crippen LogP contribution in [-0.2, 0) is 5.41 Å². The maximum atomic E-state index is 13.4. The first-order valence-electron chi connectivity index (χ1n) is 12.7. The lowest BCUT2D eigenvalue weighted by Gasteiger charge is -2.54. The van der Waals surface area contributed by atoms with Gasteiger partial charge in [0.1, 0.15) is 5.56 Å². The number of allylic oxidation sites excluding steroid dienone is 1. The van der Waals surface area contributed by atoms with Crippen LogP contribution in [0.5, 0.6) is 5.88 Å². The monoisotopic (exact) mass is 467 g/mol. The van der Waals surface area contributed by atoms with E-state index in [4.69, 9.17) is 9.15 Å². The van der Waals surface area contributed by atoms with Crippen LogP contribution in [0.15, 0.2) is 16.7 Å². The van der Waals surface area contributed by atoms with E-state index in [1.165, 1.54) is 32.1 Å². The Morgan fingerprint density at radius 2 is 1.88 bits per heavy atom. The number of hydrogen-bond donors (Lipinski definition) is 1. The van der Waals surface area contributed by atoms with Gasteiger partial charge in [-0.1, -0.05) is 19.9 Å². The third-order valence-electron chi connectivity index (χ3n) is 7.78. The van der Waals surface area contributed by atoms with Crippen LogP contribution >= 0.6 is 0 Å². The molecule has 0 atom stereocenters. The van der Waals surface area contributed by atoms with Gasteiger partial charge in [-0.05, 0) is 75.5 Å². The fourth-order valence-electron chi connectivity index (χ4n) is 6.28. The number of carbonyl (C=O) groups is 1. The molecule has 34 heavy (non-hydrogen) atoms. The summed E-state index contributed by atoms with van der Waals surface area (Å²) in [5, 5.41) is 16.0. The van der Waals surface area contributed by atoms with Gasteiger partial charge in [-0.3, -0.25) is 4.79 Å². The Bertz CT molecular complexity index is 1040. The second-order valence-corrected chi connectivity index (χ2v) is 11.6. The number of rotatable bonds is 8. The summed E-state index contributed by atoms with van der Waals surface area (Å²) in [5.74, 6) is 4.76. The summed E-state index contributed by atoms with van der Waals surface area (Å²) in [4.78, 5) is 13.4. The van der Waals surface area contributed by atoms with Gasteiger partial charge in [0.15, 0.2) is 0 Å². The van der Waals surface area contributed by atoms with Gasteiger partial charge in [0.2, 0.25) is 17.7 Å². The van der Waals surface area contributed by atoms with Crippen LogP contribution in [0.25, 0.3) is 6.20 Å². The molecule has 1 amide bonds. The number of nitrogens with one attached hydrogen (secondary N) is 1. The number of hydrogen-bond acceptors (Lipinski definition) is 6. The smallest absolute Gasteiger partial charge is 0.258 e. The Balaban J connectivity index is 1.36. The molecule has 2 aromatic rings. The van der Waals surface area contributed by atoms with E-state index in [9.17, 15) is 4.79 Å². The highest BCUT2D eigenvalue weighted by Gasteiger charge is 2.48. The lowest BCUT2D eigenvalue weighted by atomic mass is 9.54. The molecule has 4 bridgehead atoms. The highest BCUT2D eigenvalue weighted by Crippen LogP contribution is 2.53. The minimum atomic E-state index is -0.495. The van der Waals surface area contributed by atoms with Crippen molar-refractivity contribution in [2.45, 2.75) is 78.2 Å². The second-order valence-electron chi connectivity index (χ2n) is 11.6. The molecular formula is C26H37N5O3. The van der Waals surface area contributed by atoms with Gasteiger partial charge in [0.25, 0.3) is 5.91 Å². The van der Waals surface area contributed by atoms with Crippen LogP contribution in [0.2, 0.25) is 0 Å². The average Bonchev–Trinajstić information content (AvgIpc) is 3.39. The quantitative estimate of drug-likeness (QED) is 0.609. The summed E-state index contributed by atoms with van der Waals surface area (Å²) in [6.45, 7) is 10.4. The minimum absolute atomic E-state index is 0.0809. The van der Waals surface area contributed by atoms with Crippen molar-refractivity contribution in [3.05, 3.63) is 29.6 Å². The molecule has 2 heterocycles. The molecule has 0 saturated heterocycles. The summed E-state index contributed by atoms with van der Waals surface area (Å²) in [6.07, 6.45) is 11.8. The SMILES string of the molecule is Cc1nnc(C(C)(C)/C=C/n2ncc(C(=O)NC3C4CC5CC(C4)CC3C5)c2OCC(C)C)o1. The second kappa shape index (κ2) is 8.86. The molecule has 0 radical (unpaired) electrons. The summed E-state index contributed by atoms with van der Waals surface area (Å²) in [6, 6.07) is 0.275. The van der Waals surface area contributed by atoms with Gasteiger partial charge < -0.3 is 14.5 Å². The van der Waals surface area contributed by atoms with Crippen molar-refractivity contribution in [2.75, 3.05) is 6.61 Å². The molecule has 6 rings (SSSR count). The van der Waals surface area contributed by atoms with Crippen molar-refractivity contribution in [3.8, 4) is 5.88 Å².